The molecular formula is C10H10N3O5+. The van der Waals surface area contributed by atoms with Crippen LogP contribution < -0.4 is 20.2 Å². The van der Waals surface area contributed by atoms with E-state index in [0.29, 0.717) is 5.82 Å². The van der Waals surface area contributed by atoms with Gasteiger partial charge in [0.05, 0.1) is 14.2 Å². The van der Waals surface area contributed by atoms with E-state index >= 15 is 0 Å². The fourth-order valence-corrected chi connectivity index (χ4v) is 1.79. The van der Waals surface area contributed by atoms with Crippen molar-refractivity contribution in [3.8, 4) is 11.4 Å². The van der Waals surface area contributed by atoms with Crippen LogP contribution in [-0.4, -0.2) is 16.6 Å². The van der Waals surface area contributed by atoms with Gasteiger partial charge in [-0.25, -0.2) is 0 Å². The number of nitro groups is 1. The molecule has 0 saturated carbocycles. The van der Waals surface area contributed by atoms with Crippen LogP contribution in [0.3, 0.4) is 0 Å². The van der Waals surface area contributed by atoms with Gasteiger partial charge in [-0.15, -0.1) is 0 Å². The van der Waals surface area contributed by atoms with Crippen molar-refractivity contribution in [2.24, 2.45) is 7.05 Å². The maximum absolute atomic E-state index is 11.5. The van der Waals surface area contributed by atoms with Gasteiger partial charge in [0, 0.05) is 6.92 Å². The third-order valence-electron chi connectivity index (χ3n) is 2.90. The SMILES string of the molecule is COc1c(-[n+]2cc([N+](=O)[O-])n(C)c2C)c(=O)c1=O. The molecule has 1 heterocycles. The van der Waals surface area contributed by atoms with Crippen molar-refractivity contribution in [1.29, 1.82) is 0 Å². The first-order valence-corrected chi connectivity index (χ1v) is 5.00. The van der Waals surface area contributed by atoms with Gasteiger partial charge in [-0.3, -0.25) is 9.59 Å². The molecule has 0 spiro atoms. The minimum Gasteiger partial charge on any atom is -0.489 e. The second-order valence-electron chi connectivity index (χ2n) is 3.76. The van der Waals surface area contributed by atoms with Crippen molar-refractivity contribution < 1.29 is 14.2 Å². The largest absolute Gasteiger partial charge is 0.489 e. The standard InChI is InChI=1S/C10H10N3O5/c1-5-11(2)6(13(16)17)4-12(5)7-8(14)9(15)10(7)18-3/h4H,1-3H3/q+1. The van der Waals surface area contributed by atoms with Gasteiger partial charge >= 0.3 is 5.82 Å². The van der Waals surface area contributed by atoms with E-state index in [9.17, 15) is 19.7 Å². The van der Waals surface area contributed by atoms with Gasteiger partial charge in [0.15, 0.2) is 6.20 Å². The number of hydrogen-bond acceptors (Lipinski definition) is 5. The monoisotopic (exact) mass is 252 g/mol. The Morgan fingerprint density at radius 2 is 2.00 bits per heavy atom. The van der Waals surface area contributed by atoms with Crippen LogP contribution in [0.4, 0.5) is 5.82 Å². The molecule has 0 atom stereocenters. The summed E-state index contributed by atoms with van der Waals surface area (Å²) in [6.45, 7) is 1.60. The van der Waals surface area contributed by atoms with Crippen LogP contribution in [0.25, 0.3) is 5.69 Å². The van der Waals surface area contributed by atoms with Crippen LogP contribution in [0.1, 0.15) is 5.82 Å². The fraction of sp³-hybridized carbons (Fsp3) is 0.300. The highest BCUT2D eigenvalue weighted by Gasteiger charge is 2.32. The Kier molecular flexibility index (Phi) is 2.50. The van der Waals surface area contributed by atoms with Crippen LogP contribution in [0.15, 0.2) is 15.8 Å². The lowest BCUT2D eigenvalue weighted by Crippen LogP contribution is -2.49. The number of ether oxygens (including phenoxy) is 1. The van der Waals surface area contributed by atoms with E-state index in [2.05, 4.69) is 0 Å². The Labute approximate surface area is 101 Å². The summed E-state index contributed by atoms with van der Waals surface area (Å²) in [7, 11) is 2.77. The Bertz CT molecular complexity index is 721. The lowest BCUT2D eigenvalue weighted by atomic mass is 10.2. The molecule has 0 amide bonds. The summed E-state index contributed by atoms with van der Waals surface area (Å²) in [5, 5.41) is 10.8. The zero-order chi connectivity index (χ0) is 13.6. The van der Waals surface area contributed by atoms with E-state index in [-0.39, 0.29) is 17.3 Å². The first kappa shape index (κ1) is 12.0. The number of hydrogen-bond donors (Lipinski definition) is 0. The molecule has 0 radical (unpaired) electrons. The Hall–Kier alpha value is -2.51. The van der Waals surface area contributed by atoms with Crippen LogP contribution in [0, 0.1) is 17.0 Å². The smallest absolute Gasteiger partial charge is 0.365 e. The van der Waals surface area contributed by atoms with Crippen LogP contribution >= 0.6 is 0 Å². The van der Waals surface area contributed by atoms with Gasteiger partial charge in [-0.1, -0.05) is 0 Å². The molecule has 0 bridgehead atoms. The third kappa shape index (κ3) is 1.35. The molecule has 0 aliphatic heterocycles. The Balaban J connectivity index is 2.70. The Morgan fingerprint density at radius 3 is 2.44 bits per heavy atom. The van der Waals surface area contributed by atoms with Crippen LogP contribution in [0.5, 0.6) is 5.75 Å². The summed E-state index contributed by atoms with van der Waals surface area (Å²) < 4.78 is 7.42. The topological polar surface area (TPSA) is 95.3 Å². The minimum absolute atomic E-state index is 0.0312. The maximum Gasteiger partial charge on any atom is 0.365 e. The van der Waals surface area contributed by atoms with Crippen molar-refractivity contribution >= 4 is 5.82 Å². The number of nitrogens with zero attached hydrogens (tertiary/aromatic N) is 3. The molecule has 0 saturated heterocycles. The number of rotatable bonds is 3. The van der Waals surface area contributed by atoms with Crippen LogP contribution in [-0.2, 0) is 7.05 Å². The molecule has 0 aliphatic rings. The number of imidazole rings is 1. The molecule has 0 unspecified atom stereocenters. The van der Waals surface area contributed by atoms with Gasteiger partial charge in [0.1, 0.15) is 0 Å². The summed E-state index contributed by atoms with van der Waals surface area (Å²) in [6, 6.07) is 0. The van der Waals surface area contributed by atoms with Gasteiger partial charge < -0.3 is 14.9 Å². The quantitative estimate of drug-likeness (QED) is 0.306. The molecule has 0 aliphatic carbocycles. The summed E-state index contributed by atoms with van der Waals surface area (Å²) in [5.41, 5.74) is -1.39. The van der Waals surface area contributed by atoms with E-state index in [1.54, 1.807) is 6.92 Å². The summed E-state index contributed by atoms with van der Waals surface area (Å²) >= 11 is 0. The van der Waals surface area contributed by atoms with Crippen molar-refractivity contribution in [2.45, 2.75) is 6.92 Å². The lowest BCUT2D eigenvalue weighted by molar-refractivity contribution is -0.606. The molecule has 0 fully saturated rings. The third-order valence-corrected chi connectivity index (χ3v) is 2.90. The van der Waals surface area contributed by atoms with Crippen molar-refractivity contribution in [3.63, 3.8) is 0 Å². The van der Waals surface area contributed by atoms with E-state index in [1.807, 2.05) is 0 Å². The molecule has 2 aromatic rings. The summed E-state index contributed by atoms with van der Waals surface area (Å²) in [6.07, 6.45) is 1.19. The molecular weight excluding hydrogens is 242 g/mol. The van der Waals surface area contributed by atoms with E-state index < -0.39 is 15.8 Å². The van der Waals surface area contributed by atoms with Gasteiger partial charge in [-0.05, 0) is 4.92 Å². The van der Waals surface area contributed by atoms with E-state index in [4.69, 9.17) is 4.74 Å². The second-order valence-corrected chi connectivity index (χ2v) is 3.76. The van der Waals surface area contributed by atoms with E-state index in [0.717, 1.165) is 0 Å². The molecule has 18 heavy (non-hydrogen) atoms. The predicted molar refractivity (Wildman–Crippen MR) is 59.8 cm³/mol. The highest BCUT2D eigenvalue weighted by molar-refractivity contribution is 5.46. The Morgan fingerprint density at radius 1 is 1.39 bits per heavy atom. The van der Waals surface area contributed by atoms with Crippen LogP contribution in [0.2, 0.25) is 0 Å². The van der Waals surface area contributed by atoms with Crippen molar-refractivity contribution in [1.82, 2.24) is 4.57 Å². The number of aromatic nitrogens is 2. The molecule has 8 heteroatoms. The molecule has 0 N–H and O–H groups in total. The highest BCUT2D eigenvalue weighted by atomic mass is 16.6. The second kappa shape index (κ2) is 3.76. The highest BCUT2D eigenvalue weighted by Crippen LogP contribution is 2.15. The molecule has 2 rings (SSSR count). The fourth-order valence-electron chi connectivity index (χ4n) is 1.79. The zero-order valence-electron chi connectivity index (χ0n) is 9.96. The molecule has 94 valence electrons. The lowest BCUT2D eigenvalue weighted by Gasteiger charge is -2.05. The molecule has 1 aromatic carbocycles. The average molecular weight is 252 g/mol. The summed E-state index contributed by atoms with van der Waals surface area (Å²) in [5.74, 6) is 0.198. The predicted octanol–water partition coefficient (Wildman–Crippen LogP) is -0.877. The van der Waals surface area contributed by atoms with Crippen molar-refractivity contribution in [2.75, 3.05) is 7.11 Å². The normalized spacial score (nSPS) is 10.8. The van der Waals surface area contributed by atoms with Gasteiger partial charge in [0.25, 0.3) is 16.7 Å². The van der Waals surface area contributed by atoms with Gasteiger partial charge in [-0.2, -0.15) is 9.13 Å². The average Bonchev–Trinajstić information content (AvgIpc) is 2.62. The molecule has 1 aromatic heterocycles. The first-order valence-electron chi connectivity index (χ1n) is 5.00. The zero-order valence-corrected chi connectivity index (χ0v) is 9.96. The molecule has 8 nitrogen and oxygen atoms in total. The minimum atomic E-state index is -0.717. The first-order chi connectivity index (χ1) is 8.40. The summed E-state index contributed by atoms with van der Waals surface area (Å²) in [4.78, 5) is 32.9. The maximum atomic E-state index is 11.5. The van der Waals surface area contributed by atoms with E-state index in [1.165, 1.54) is 29.5 Å². The van der Waals surface area contributed by atoms with Crippen molar-refractivity contribution in [3.05, 3.63) is 42.6 Å². The number of methoxy groups -OCH3 is 1. The van der Waals surface area contributed by atoms with Gasteiger partial charge in [0.2, 0.25) is 11.4 Å².